The topological polar surface area (TPSA) is 102 Å². The van der Waals surface area contributed by atoms with E-state index < -0.39 is 17.7 Å². The number of hydrogen-bond acceptors (Lipinski definition) is 8. The van der Waals surface area contributed by atoms with Crippen LogP contribution in [0.15, 0.2) is 90.2 Å². The van der Waals surface area contributed by atoms with Crippen LogP contribution in [0.4, 0.5) is 5.13 Å². The predicted octanol–water partition coefficient (Wildman–Crippen LogP) is 5.14. The molecule has 9 heteroatoms. The lowest BCUT2D eigenvalue weighted by molar-refractivity contribution is -0.132. The number of aliphatic hydroxyl groups is 1. The van der Waals surface area contributed by atoms with Crippen LogP contribution >= 0.6 is 11.3 Å². The van der Waals surface area contributed by atoms with E-state index in [-0.39, 0.29) is 11.3 Å². The van der Waals surface area contributed by atoms with Crippen LogP contribution in [0.5, 0.6) is 11.5 Å². The number of Topliss-reactive ketones (excluding diaryl/α,β-unsaturated/α-hetero) is 1. The van der Waals surface area contributed by atoms with Gasteiger partial charge in [0.1, 0.15) is 12.4 Å². The Kier molecular flexibility index (Phi) is 6.96. The molecule has 1 unspecified atom stereocenters. The van der Waals surface area contributed by atoms with Gasteiger partial charge in [0, 0.05) is 29.5 Å². The Balaban J connectivity index is 1.60. The fourth-order valence-electron chi connectivity index (χ4n) is 4.16. The first-order valence-electron chi connectivity index (χ1n) is 11.6. The van der Waals surface area contributed by atoms with Crippen LogP contribution < -0.4 is 14.4 Å². The number of ether oxygens (including phenoxy) is 2. The maximum atomic E-state index is 13.2. The number of aromatic nitrogens is 2. The molecule has 2 aromatic carbocycles. The van der Waals surface area contributed by atoms with Crippen LogP contribution in [0, 0.1) is 0 Å². The van der Waals surface area contributed by atoms with Crippen molar-refractivity contribution >= 4 is 33.9 Å². The summed E-state index contributed by atoms with van der Waals surface area (Å²) in [4.78, 5) is 36.0. The summed E-state index contributed by atoms with van der Waals surface area (Å²) in [6, 6.07) is 17.2. The highest BCUT2D eigenvalue weighted by Gasteiger charge is 2.48. The average Bonchev–Trinajstić information content (AvgIpc) is 3.55. The van der Waals surface area contributed by atoms with Gasteiger partial charge < -0.3 is 14.6 Å². The minimum Gasteiger partial charge on any atom is -0.507 e. The maximum Gasteiger partial charge on any atom is 0.301 e. The van der Waals surface area contributed by atoms with Crippen molar-refractivity contribution in [2.24, 2.45) is 0 Å². The standard InChI is InChI=1S/C28H23N3O5S/c1-2-35-22-16-20(8-9-21(22)36-17-18-6-4-3-5-7-18)24-23(25(32)19-10-12-29-13-11-19)26(33)27(34)31(24)28-30-14-15-37-28/h3-16,24,32H,2,17H2,1H3. The zero-order valence-electron chi connectivity index (χ0n) is 19.9. The van der Waals surface area contributed by atoms with Crippen LogP contribution in [0.3, 0.4) is 0 Å². The van der Waals surface area contributed by atoms with Gasteiger partial charge in [0.25, 0.3) is 5.78 Å². The lowest BCUT2D eigenvalue weighted by atomic mass is 9.95. The number of carbonyl (C=O) groups excluding carboxylic acids is 2. The molecule has 1 amide bonds. The molecular weight excluding hydrogens is 490 g/mol. The fourth-order valence-corrected chi connectivity index (χ4v) is 4.83. The number of ketones is 1. The first-order valence-corrected chi connectivity index (χ1v) is 12.5. The van der Waals surface area contributed by atoms with E-state index in [0.717, 1.165) is 5.56 Å². The maximum absolute atomic E-state index is 13.2. The van der Waals surface area contributed by atoms with E-state index >= 15 is 0 Å². The van der Waals surface area contributed by atoms with Gasteiger partial charge in [0.05, 0.1) is 18.2 Å². The van der Waals surface area contributed by atoms with Crippen LogP contribution in [-0.4, -0.2) is 33.4 Å². The number of aliphatic hydroxyl groups excluding tert-OH is 1. The van der Waals surface area contributed by atoms with Crippen LogP contribution in [0.25, 0.3) is 5.76 Å². The summed E-state index contributed by atoms with van der Waals surface area (Å²) in [7, 11) is 0. The molecule has 186 valence electrons. The van der Waals surface area contributed by atoms with Crippen molar-refractivity contribution in [3.8, 4) is 11.5 Å². The number of pyridine rings is 1. The quantitative estimate of drug-likeness (QED) is 0.198. The van der Waals surface area contributed by atoms with Gasteiger partial charge in [0.2, 0.25) is 0 Å². The summed E-state index contributed by atoms with van der Waals surface area (Å²) in [5.74, 6) is -0.860. The molecule has 1 aliphatic heterocycles. The van der Waals surface area contributed by atoms with Crippen molar-refractivity contribution in [1.29, 1.82) is 0 Å². The van der Waals surface area contributed by atoms with E-state index in [1.54, 1.807) is 41.9 Å². The molecule has 1 atom stereocenters. The molecular formula is C28H23N3O5S. The Hall–Kier alpha value is -4.50. The van der Waals surface area contributed by atoms with Crippen LogP contribution in [0.1, 0.15) is 29.7 Å². The third-order valence-electron chi connectivity index (χ3n) is 5.84. The lowest BCUT2D eigenvalue weighted by Crippen LogP contribution is -2.29. The van der Waals surface area contributed by atoms with E-state index in [1.807, 2.05) is 37.3 Å². The average molecular weight is 514 g/mol. The third-order valence-corrected chi connectivity index (χ3v) is 6.61. The number of anilines is 1. The molecule has 3 heterocycles. The summed E-state index contributed by atoms with van der Waals surface area (Å²) < 4.78 is 11.9. The number of carbonyl (C=O) groups is 2. The Bertz CT molecular complexity index is 1440. The van der Waals surface area contributed by atoms with Gasteiger partial charge in [-0.1, -0.05) is 36.4 Å². The van der Waals surface area contributed by atoms with Gasteiger partial charge in [-0.15, -0.1) is 11.3 Å². The molecule has 0 radical (unpaired) electrons. The van der Waals surface area contributed by atoms with E-state index in [2.05, 4.69) is 9.97 Å². The van der Waals surface area contributed by atoms with Crippen LogP contribution in [0.2, 0.25) is 0 Å². The molecule has 8 nitrogen and oxygen atoms in total. The second-order valence-corrected chi connectivity index (χ2v) is 9.01. The van der Waals surface area contributed by atoms with Crippen molar-refractivity contribution in [1.82, 2.24) is 9.97 Å². The Morgan fingerprint density at radius 2 is 1.78 bits per heavy atom. The predicted molar refractivity (Wildman–Crippen MR) is 140 cm³/mol. The van der Waals surface area contributed by atoms with Crippen molar-refractivity contribution in [2.45, 2.75) is 19.6 Å². The van der Waals surface area contributed by atoms with Crippen molar-refractivity contribution < 1.29 is 24.2 Å². The summed E-state index contributed by atoms with van der Waals surface area (Å²) >= 11 is 1.23. The number of nitrogens with zero attached hydrogens (tertiary/aromatic N) is 3. The normalized spacial score (nSPS) is 16.7. The summed E-state index contributed by atoms with van der Waals surface area (Å²) in [5, 5.41) is 13.2. The Morgan fingerprint density at radius 3 is 2.49 bits per heavy atom. The molecule has 1 N–H and O–H groups in total. The number of benzene rings is 2. The lowest BCUT2D eigenvalue weighted by Gasteiger charge is -2.24. The van der Waals surface area contributed by atoms with Gasteiger partial charge in [0.15, 0.2) is 16.6 Å². The van der Waals surface area contributed by atoms with E-state index in [1.165, 1.54) is 28.6 Å². The largest absolute Gasteiger partial charge is 0.507 e. The molecule has 5 rings (SSSR count). The highest BCUT2D eigenvalue weighted by molar-refractivity contribution is 7.14. The molecule has 1 saturated heterocycles. The number of hydrogen-bond donors (Lipinski definition) is 1. The Labute approximate surface area is 217 Å². The SMILES string of the molecule is CCOc1cc(C2C(=C(O)c3ccncc3)C(=O)C(=O)N2c2nccs2)ccc1OCc1ccccc1. The van der Waals surface area contributed by atoms with Gasteiger partial charge in [-0.05, 0) is 42.3 Å². The molecule has 37 heavy (non-hydrogen) atoms. The molecule has 0 spiro atoms. The summed E-state index contributed by atoms with van der Waals surface area (Å²) in [5.41, 5.74) is 1.92. The van der Waals surface area contributed by atoms with Gasteiger partial charge >= 0.3 is 5.91 Å². The molecule has 2 aromatic heterocycles. The molecule has 4 aromatic rings. The monoisotopic (exact) mass is 513 g/mol. The minimum absolute atomic E-state index is 0.0354. The smallest absolute Gasteiger partial charge is 0.301 e. The first kappa shape index (κ1) is 24.2. The highest BCUT2D eigenvalue weighted by Crippen LogP contribution is 2.44. The molecule has 1 fully saturated rings. The second-order valence-electron chi connectivity index (χ2n) is 8.13. The molecule has 0 bridgehead atoms. The van der Waals surface area contributed by atoms with Gasteiger partial charge in [-0.3, -0.25) is 19.5 Å². The van der Waals surface area contributed by atoms with Gasteiger partial charge in [-0.25, -0.2) is 4.98 Å². The molecule has 1 aliphatic rings. The zero-order chi connectivity index (χ0) is 25.8. The number of thiazole rings is 1. The zero-order valence-corrected chi connectivity index (χ0v) is 20.7. The van der Waals surface area contributed by atoms with Crippen molar-refractivity contribution in [2.75, 3.05) is 11.5 Å². The van der Waals surface area contributed by atoms with Crippen molar-refractivity contribution in [3.63, 3.8) is 0 Å². The van der Waals surface area contributed by atoms with Crippen molar-refractivity contribution in [3.05, 3.63) is 107 Å². The van der Waals surface area contributed by atoms with E-state index in [4.69, 9.17) is 9.47 Å². The highest BCUT2D eigenvalue weighted by atomic mass is 32.1. The summed E-state index contributed by atoms with van der Waals surface area (Å²) in [6.45, 7) is 2.59. The van der Waals surface area contributed by atoms with E-state index in [0.29, 0.717) is 41.0 Å². The van der Waals surface area contributed by atoms with Gasteiger partial charge in [-0.2, -0.15) is 0 Å². The van der Waals surface area contributed by atoms with E-state index in [9.17, 15) is 14.7 Å². The fraction of sp³-hybridized carbons (Fsp3) is 0.143. The first-order chi connectivity index (χ1) is 18.1. The third kappa shape index (κ3) is 4.81. The molecule has 0 saturated carbocycles. The van der Waals surface area contributed by atoms with Crippen LogP contribution in [-0.2, 0) is 16.2 Å². The second kappa shape index (κ2) is 10.6. The summed E-state index contributed by atoms with van der Waals surface area (Å²) in [6.07, 6.45) is 4.57. The minimum atomic E-state index is -0.915. The number of amides is 1. The Morgan fingerprint density at radius 1 is 1.00 bits per heavy atom. The number of rotatable bonds is 8. The molecule has 0 aliphatic carbocycles.